The molecule has 2 aromatic carbocycles. The molecule has 0 N–H and O–H groups in total. The summed E-state index contributed by atoms with van der Waals surface area (Å²) in [6.07, 6.45) is 4.21. The second-order valence-corrected chi connectivity index (χ2v) is 6.44. The molecule has 0 aliphatic carbocycles. The summed E-state index contributed by atoms with van der Waals surface area (Å²) < 4.78 is 5.26. The third kappa shape index (κ3) is 3.00. The van der Waals surface area contributed by atoms with Crippen molar-refractivity contribution in [3.8, 4) is 0 Å². The maximum atomic E-state index is 11.7. The lowest BCUT2D eigenvalue weighted by atomic mass is 9.97. The Hall–Kier alpha value is -2.39. The van der Waals surface area contributed by atoms with Gasteiger partial charge < -0.3 is 4.74 Å². The minimum Gasteiger partial charge on any atom is -0.460 e. The third-order valence-electron chi connectivity index (χ3n) is 4.85. The minimum atomic E-state index is -0.0402. The van der Waals surface area contributed by atoms with E-state index in [4.69, 9.17) is 4.74 Å². The van der Waals surface area contributed by atoms with E-state index in [-0.39, 0.29) is 18.1 Å². The van der Waals surface area contributed by atoms with Crippen molar-refractivity contribution in [1.82, 2.24) is 4.90 Å². The average molecular weight is 319 g/mol. The molecule has 0 aromatic heterocycles. The van der Waals surface area contributed by atoms with Crippen LogP contribution in [0, 0.1) is 0 Å². The Morgan fingerprint density at radius 2 is 1.67 bits per heavy atom. The first kappa shape index (κ1) is 15.2. The van der Waals surface area contributed by atoms with Gasteiger partial charge in [0.25, 0.3) is 0 Å². The van der Waals surface area contributed by atoms with Crippen molar-refractivity contribution >= 4 is 11.5 Å². The molecule has 2 aliphatic rings. The second kappa shape index (κ2) is 6.62. The van der Waals surface area contributed by atoms with E-state index in [1.165, 1.54) is 16.7 Å². The van der Waals surface area contributed by atoms with Gasteiger partial charge in [0.2, 0.25) is 0 Å². The first-order valence-electron chi connectivity index (χ1n) is 8.57. The highest BCUT2D eigenvalue weighted by molar-refractivity contribution is 5.80. The van der Waals surface area contributed by atoms with Crippen LogP contribution in [0.5, 0.6) is 0 Å². The zero-order valence-electron chi connectivity index (χ0n) is 13.6. The number of carbonyl (C=O) groups excluding carboxylic acids is 1. The van der Waals surface area contributed by atoms with Crippen LogP contribution in [-0.4, -0.2) is 36.1 Å². The number of morpholine rings is 1. The van der Waals surface area contributed by atoms with Gasteiger partial charge in [-0.25, -0.2) is 0 Å². The van der Waals surface area contributed by atoms with Crippen LogP contribution in [0.15, 0.2) is 66.7 Å². The second-order valence-electron chi connectivity index (χ2n) is 6.44. The van der Waals surface area contributed by atoms with Gasteiger partial charge in [0, 0.05) is 19.5 Å². The van der Waals surface area contributed by atoms with E-state index in [2.05, 4.69) is 59.5 Å². The third-order valence-corrected chi connectivity index (χ3v) is 4.85. The van der Waals surface area contributed by atoms with Gasteiger partial charge >= 0.3 is 5.97 Å². The molecule has 2 saturated heterocycles. The molecule has 3 heteroatoms. The fraction of sp³-hybridized carbons (Fsp3) is 0.286. The van der Waals surface area contributed by atoms with Gasteiger partial charge in [-0.05, 0) is 23.1 Å². The number of esters is 1. The summed E-state index contributed by atoms with van der Waals surface area (Å²) in [5.41, 5.74) is 3.71. The van der Waals surface area contributed by atoms with E-state index < -0.39 is 0 Å². The molecule has 0 saturated carbocycles. The number of carbonyl (C=O) groups is 1. The predicted octanol–water partition coefficient (Wildman–Crippen LogP) is 3.51. The van der Waals surface area contributed by atoms with Gasteiger partial charge in [-0.15, -0.1) is 0 Å². The summed E-state index contributed by atoms with van der Waals surface area (Å²) in [6, 6.07) is 20.9. The van der Waals surface area contributed by atoms with Crippen LogP contribution < -0.4 is 0 Å². The highest BCUT2D eigenvalue weighted by Crippen LogP contribution is 2.29. The smallest absolute Gasteiger partial charge is 0.323 e. The normalized spacial score (nSPS) is 22.4. The summed E-state index contributed by atoms with van der Waals surface area (Å²) in [6.45, 7) is 1.79. The molecule has 4 rings (SSSR count). The molecule has 2 atom stereocenters. The molecule has 24 heavy (non-hydrogen) atoms. The van der Waals surface area contributed by atoms with Gasteiger partial charge in [-0.2, -0.15) is 0 Å². The highest BCUT2D eigenvalue weighted by Gasteiger charge is 2.45. The molecule has 0 spiro atoms. The molecule has 0 radical (unpaired) electrons. The van der Waals surface area contributed by atoms with Crippen molar-refractivity contribution in [2.75, 3.05) is 13.1 Å². The van der Waals surface area contributed by atoms with Crippen LogP contribution in [0.3, 0.4) is 0 Å². The summed E-state index contributed by atoms with van der Waals surface area (Å²) >= 11 is 0. The highest BCUT2D eigenvalue weighted by atomic mass is 16.6. The molecule has 0 unspecified atom stereocenters. The van der Waals surface area contributed by atoms with Crippen LogP contribution in [0.1, 0.15) is 24.0 Å². The number of benzene rings is 2. The Balaban J connectivity index is 1.51. The lowest BCUT2D eigenvalue weighted by Crippen LogP contribution is -2.40. The van der Waals surface area contributed by atoms with Crippen LogP contribution in [0.25, 0.3) is 5.57 Å². The van der Waals surface area contributed by atoms with E-state index in [0.717, 1.165) is 25.9 Å². The molecule has 2 heterocycles. The number of rotatable bonds is 5. The van der Waals surface area contributed by atoms with Gasteiger partial charge in [0.1, 0.15) is 12.1 Å². The molecule has 122 valence electrons. The average Bonchev–Trinajstić information content (AvgIpc) is 3.19. The zero-order chi connectivity index (χ0) is 16.4. The van der Waals surface area contributed by atoms with Crippen molar-refractivity contribution in [3.63, 3.8) is 0 Å². The van der Waals surface area contributed by atoms with E-state index in [1.54, 1.807) is 0 Å². The first-order valence-corrected chi connectivity index (χ1v) is 8.57. The Bertz CT molecular complexity index is 697. The standard InChI is InChI=1S/C21H21NO2/c23-21-20-14-18(24-21)15-22(20)13-7-12-19(16-8-3-1-4-9-16)17-10-5-2-6-11-17/h1-6,8-12,18,20H,7,13-15H2/t18-,20-/m0/s1. The van der Waals surface area contributed by atoms with Gasteiger partial charge in [-0.1, -0.05) is 66.7 Å². The van der Waals surface area contributed by atoms with Gasteiger partial charge in [0.05, 0.1) is 0 Å². The fourth-order valence-corrected chi connectivity index (χ4v) is 3.69. The monoisotopic (exact) mass is 319 g/mol. The summed E-state index contributed by atoms with van der Waals surface area (Å²) in [5.74, 6) is -0.0402. The number of nitrogens with zero attached hydrogens (tertiary/aromatic N) is 1. The molecule has 0 amide bonds. The van der Waals surface area contributed by atoms with Gasteiger partial charge in [0.15, 0.2) is 0 Å². The summed E-state index contributed by atoms with van der Waals surface area (Å²) in [4.78, 5) is 14.0. The fourth-order valence-electron chi connectivity index (χ4n) is 3.69. The molecular formula is C21H21NO2. The maximum Gasteiger partial charge on any atom is 0.323 e. The molecule has 3 nitrogen and oxygen atoms in total. The zero-order valence-corrected chi connectivity index (χ0v) is 13.6. The lowest BCUT2D eigenvalue weighted by molar-refractivity contribution is -0.150. The van der Waals surface area contributed by atoms with E-state index in [1.807, 2.05) is 12.1 Å². The number of hydrogen-bond acceptors (Lipinski definition) is 3. The summed E-state index contributed by atoms with van der Waals surface area (Å²) in [5, 5.41) is 0. The van der Waals surface area contributed by atoms with Gasteiger partial charge in [-0.3, -0.25) is 9.69 Å². The topological polar surface area (TPSA) is 29.5 Å². The van der Waals surface area contributed by atoms with Crippen molar-refractivity contribution in [3.05, 3.63) is 77.9 Å². The summed E-state index contributed by atoms with van der Waals surface area (Å²) in [7, 11) is 0. The molecule has 2 aromatic rings. The maximum absolute atomic E-state index is 11.7. The number of fused-ring (bicyclic) bond motifs is 2. The van der Waals surface area contributed by atoms with E-state index >= 15 is 0 Å². The molecular weight excluding hydrogens is 298 g/mol. The molecule has 2 bridgehead atoms. The minimum absolute atomic E-state index is 0.0136. The van der Waals surface area contributed by atoms with Crippen molar-refractivity contribution in [1.29, 1.82) is 0 Å². The van der Waals surface area contributed by atoms with Crippen LogP contribution >= 0.6 is 0 Å². The van der Waals surface area contributed by atoms with Crippen LogP contribution in [-0.2, 0) is 9.53 Å². The Morgan fingerprint density at radius 3 is 2.21 bits per heavy atom. The van der Waals surface area contributed by atoms with Crippen LogP contribution in [0.2, 0.25) is 0 Å². The van der Waals surface area contributed by atoms with E-state index in [0.29, 0.717) is 0 Å². The van der Waals surface area contributed by atoms with E-state index in [9.17, 15) is 4.79 Å². The molecule has 2 aliphatic heterocycles. The lowest BCUT2D eigenvalue weighted by Gasteiger charge is -2.24. The number of hydrogen-bond donors (Lipinski definition) is 0. The molecule has 2 fully saturated rings. The Morgan fingerprint density at radius 1 is 1.04 bits per heavy atom. The Kier molecular flexibility index (Phi) is 4.18. The SMILES string of the molecule is O=C1O[C@H]2C[C@@H]1N(CCC=C(c1ccccc1)c1ccccc1)C2. The van der Waals surface area contributed by atoms with Crippen molar-refractivity contribution in [2.24, 2.45) is 0 Å². The predicted molar refractivity (Wildman–Crippen MR) is 94.4 cm³/mol. The quantitative estimate of drug-likeness (QED) is 0.790. The number of ether oxygens (including phenoxy) is 1. The van der Waals surface area contributed by atoms with Crippen LogP contribution in [0.4, 0.5) is 0 Å². The van der Waals surface area contributed by atoms with Crippen molar-refractivity contribution < 1.29 is 9.53 Å². The Labute approximate surface area is 142 Å². The van der Waals surface area contributed by atoms with Crippen molar-refractivity contribution in [2.45, 2.75) is 25.0 Å². The first-order chi connectivity index (χ1) is 11.8. The largest absolute Gasteiger partial charge is 0.460 e. The number of likely N-dealkylation sites (tertiary alicyclic amines) is 1.